The van der Waals surface area contributed by atoms with Crippen LogP contribution in [0.3, 0.4) is 0 Å². The maximum atomic E-state index is 12.5. The molecule has 0 radical (unpaired) electrons. The number of benzene rings is 1. The van der Waals surface area contributed by atoms with Gasteiger partial charge in [0.25, 0.3) is 0 Å². The predicted octanol–water partition coefficient (Wildman–Crippen LogP) is 2.52. The Bertz CT molecular complexity index is 620. The highest BCUT2D eigenvalue weighted by atomic mass is 16.2. The lowest BCUT2D eigenvalue weighted by Crippen LogP contribution is -2.43. The molecule has 116 valence electrons. The van der Waals surface area contributed by atoms with Crippen LogP contribution in [0.1, 0.15) is 48.0 Å². The van der Waals surface area contributed by atoms with Crippen LogP contribution in [0, 0.1) is 17.8 Å². The smallest absolute Gasteiger partial charge is 0.241 e. The third-order valence-electron chi connectivity index (χ3n) is 5.34. The van der Waals surface area contributed by atoms with Crippen molar-refractivity contribution in [2.45, 2.75) is 44.6 Å². The van der Waals surface area contributed by atoms with Gasteiger partial charge in [-0.15, -0.1) is 0 Å². The average Bonchev–Trinajstić information content (AvgIpc) is 3.41. The molecule has 4 heteroatoms. The zero-order valence-electron chi connectivity index (χ0n) is 12.7. The molecular formula is C18H22N2O2. The molecule has 1 aromatic carbocycles. The van der Waals surface area contributed by atoms with E-state index in [9.17, 15) is 9.59 Å². The van der Waals surface area contributed by atoms with Crippen LogP contribution in [-0.4, -0.2) is 17.7 Å². The summed E-state index contributed by atoms with van der Waals surface area (Å²) >= 11 is 0. The Hall–Kier alpha value is -1.68. The molecule has 0 unspecified atom stereocenters. The number of aryl methyl sites for hydroxylation is 1. The molecule has 0 saturated heterocycles. The van der Waals surface area contributed by atoms with E-state index < -0.39 is 6.04 Å². The lowest BCUT2D eigenvalue weighted by molar-refractivity contribution is -0.118. The van der Waals surface area contributed by atoms with E-state index in [1.54, 1.807) is 0 Å². The molecule has 1 aromatic rings. The Morgan fingerprint density at radius 1 is 1.14 bits per heavy atom. The summed E-state index contributed by atoms with van der Waals surface area (Å²) in [5.74, 6) is 1.80. The van der Waals surface area contributed by atoms with E-state index >= 15 is 0 Å². The average molecular weight is 298 g/mol. The molecule has 2 fully saturated rings. The second kappa shape index (κ2) is 5.20. The van der Waals surface area contributed by atoms with Crippen molar-refractivity contribution in [2.24, 2.45) is 23.5 Å². The first-order valence-corrected chi connectivity index (χ1v) is 8.36. The lowest BCUT2D eigenvalue weighted by atomic mass is 9.89. The molecule has 3 aliphatic rings. The van der Waals surface area contributed by atoms with Gasteiger partial charge in [0.05, 0.1) is 6.04 Å². The number of carbonyl (C=O) groups excluding carboxylic acids is 2. The largest absolute Gasteiger partial charge is 0.325 e. The molecule has 1 atom stereocenters. The number of carbonyl (C=O) groups is 2. The van der Waals surface area contributed by atoms with Crippen LogP contribution in [0.2, 0.25) is 0 Å². The number of amides is 1. The van der Waals surface area contributed by atoms with Crippen LogP contribution >= 0.6 is 0 Å². The van der Waals surface area contributed by atoms with Gasteiger partial charge in [0.1, 0.15) is 0 Å². The maximum Gasteiger partial charge on any atom is 0.241 e. The highest BCUT2D eigenvalue weighted by Crippen LogP contribution is 2.50. The van der Waals surface area contributed by atoms with E-state index in [4.69, 9.17) is 5.73 Å². The molecular weight excluding hydrogens is 276 g/mol. The van der Waals surface area contributed by atoms with Crippen molar-refractivity contribution < 1.29 is 9.59 Å². The van der Waals surface area contributed by atoms with Crippen LogP contribution in [0.15, 0.2) is 18.2 Å². The minimum absolute atomic E-state index is 0.0759. The van der Waals surface area contributed by atoms with Gasteiger partial charge in [-0.1, -0.05) is 0 Å². The zero-order chi connectivity index (χ0) is 15.3. The summed E-state index contributed by atoms with van der Waals surface area (Å²) in [5, 5.41) is 2.96. The summed E-state index contributed by atoms with van der Waals surface area (Å²) < 4.78 is 0. The second-order valence-corrected chi connectivity index (χ2v) is 7.06. The van der Waals surface area contributed by atoms with Crippen molar-refractivity contribution in [3.05, 3.63) is 29.3 Å². The molecule has 0 aliphatic heterocycles. The van der Waals surface area contributed by atoms with Gasteiger partial charge in [-0.3, -0.25) is 9.59 Å². The molecule has 22 heavy (non-hydrogen) atoms. The minimum Gasteiger partial charge on any atom is -0.325 e. The van der Waals surface area contributed by atoms with Gasteiger partial charge in [-0.2, -0.15) is 0 Å². The summed E-state index contributed by atoms with van der Waals surface area (Å²) in [4.78, 5) is 24.1. The minimum atomic E-state index is -0.408. The summed E-state index contributed by atoms with van der Waals surface area (Å²) in [6.07, 6.45) is 6.26. The molecule has 3 N–H and O–H groups in total. The maximum absolute atomic E-state index is 12.5. The SMILES string of the molecule is N[C@H](C(=O)Nc1ccc2c(c1)CCC2=O)C(C1CC1)C1CC1. The fourth-order valence-electron chi connectivity index (χ4n) is 3.87. The summed E-state index contributed by atoms with van der Waals surface area (Å²) in [7, 11) is 0. The number of hydrogen-bond donors (Lipinski definition) is 2. The fraction of sp³-hybridized carbons (Fsp3) is 0.556. The van der Waals surface area contributed by atoms with Crippen LogP contribution in [0.25, 0.3) is 0 Å². The van der Waals surface area contributed by atoms with E-state index in [0.29, 0.717) is 24.2 Å². The topological polar surface area (TPSA) is 72.2 Å². The Labute approximate surface area is 130 Å². The van der Waals surface area contributed by atoms with Crippen molar-refractivity contribution in [3.8, 4) is 0 Å². The number of fused-ring (bicyclic) bond motifs is 1. The molecule has 4 nitrogen and oxygen atoms in total. The Morgan fingerprint density at radius 2 is 1.82 bits per heavy atom. The predicted molar refractivity (Wildman–Crippen MR) is 84.6 cm³/mol. The van der Waals surface area contributed by atoms with Gasteiger partial charge in [-0.25, -0.2) is 0 Å². The molecule has 0 heterocycles. The number of nitrogens with two attached hydrogens (primary N) is 1. The van der Waals surface area contributed by atoms with E-state index in [0.717, 1.165) is 23.2 Å². The van der Waals surface area contributed by atoms with Crippen molar-refractivity contribution in [2.75, 3.05) is 5.32 Å². The Morgan fingerprint density at radius 3 is 2.45 bits per heavy atom. The summed E-state index contributed by atoms with van der Waals surface area (Å²) in [6.45, 7) is 0. The van der Waals surface area contributed by atoms with Crippen molar-refractivity contribution in [3.63, 3.8) is 0 Å². The van der Waals surface area contributed by atoms with Gasteiger partial charge >= 0.3 is 0 Å². The molecule has 0 aromatic heterocycles. The van der Waals surface area contributed by atoms with E-state index in [1.165, 1.54) is 25.7 Å². The number of ketones is 1. The monoisotopic (exact) mass is 298 g/mol. The van der Waals surface area contributed by atoms with E-state index in [-0.39, 0.29) is 11.7 Å². The summed E-state index contributed by atoms with van der Waals surface area (Å²) in [6, 6.07) is 5.16. The van der Waals surface area contributed by atoms with E-state index in [2.05, 4.69) is 5.32 Å². The molecule has 2 saturated carbocycles. The normalized spacial score (nSPS) is 21.8. The quantitative estimate of drug-likeness (QED) is 0.877. The lowest BCUT2D eigenvalue weighted by Gasteiger charge is -2.23. The Kier molecular flexibility index (Phi) is 3.30. The van der Waals surface area contributed by atoms with Crippen molar-refractivity contribution in [1.29, 1.82) is 0 Å². The first kappa shape index (κ1) is 13.9. The first-order valence-electron chi connectivity index (χ1n) is 8.36. The molecule has 3 aliphatic carbocycles. The van der Waals surface area contributed by atoms with Crippen LogP contribution in [0.5, 0.6) is 0 Å². The first-order chi connectivity index (χ1) is 10.6. The third kappa shape index (κ3) is 2.56. The standard InChI is InChI=1S/C18H22N2O2/c19-17(16(10-1-2-10)11-3-4-11)18(22)20-13-6-7-14-12(9-13)5-8-15(14)21/h6-7,9-11,16-17H,1-5,8,19H2,(H,20,22)/t17-/m0/s1. The van der Waals surface area contributed by atoms with E-state index in [1.807, 2.05) is 18.2 Å². The van der Waals surface area contributed by atoms with Crippen molar-refractivity contribution >= 4 is 17.4 Å². The highest BCUT2D eigenvalue weighted by Gasteiger charge is 2.46. The van der Waals surface area contributed by atoms with Crippen LogP contribution < -0.4 is 11.1 Å². The number of rotatable bonds is 5. The van der Waals surface area contributed by atoms with Gasteiger partial charge < -0.3 is 11.1 Å². The molecule has 4 rings (SSSR count). The Balaban J connectivity index is 1.46. The van der Waals surface area contributed by atoms with Gasteiger partial charge in [0.15, 0.2) is 5.78 Å². The number of nitrogens with one attached hydrogen (secondary N) is 1. The number of hydrogen-bond acceptors (Lipinski definition) is 3. The van der Waals surface area contributed by atoms with Crippen LogP contribution in [0.4, 0.5) is 5.69 Å². The van der Waals surface area contributed by atoms with Crippen LogP contribution in [-0.2, 0) is 11.2 Å². The number of anilines is 1. The summed E-state index contributed by atoms with van der Waals surface area (Å²) in [5.41, 5.74) is 8.86. The van der Waals surface area contributed by atoms with Gasteiger partial charge in [0.2, 0.25) is 5.91 Å². The molecule has 0 bridgehead atoms. The third-order valence-corrected chi connectivity index (χ3v) is 5.34. The molecule has 1 amide bonds. The van der Waals surface area contributed by atoms with Gasteiger partial charge in [-0.05, 0) is 73.6 Å². The van der Waals surface area contributed by atoms with Crippen molar-refractivity contribution in [1.82, 2.24) is 0 Å². The highest BCUT2D eigenvalue weighted by molar-refractivity contribution is 6.01. The molecule has 0 spiro atoms. The zero-order valence-corrected chi connectivity index (χ0v) is 12.7. The van der Waals surface area contributed by atoms with Gasteiger partial charge in [0, 0.05) is 17.7 Å². The second-order valence-electron chi connectivity index (χ2n) is 7.06. The fourth-order valence-corrected chi connectivity index (χ4v) is 3.87. The number of Topliss-reactive ketones (excluding diaryl/α,β-unsaturated/α-hetero) is 1.